The first-order valence-electron chi connectivity index (χ1n) is 9.41. The van der Waals surface area contributed by atoms with Crippen LogP contribution in [0.15, 0.2) is 76.6 Å². The van der Waals surface area contributed by atoms with Gasteiger partial charge in [0.15, 0.2) is 0 Å². The summed E-state index contributed by atoms with van der Waals surface area (Å²) in [5.41, 5.74) is 0.471. The Bertz CT molecular complexity index is 1140. The molecule has 7 heteroatoms. The van der Waals surface area contributed by atoms with Crippen LogP contribution in [-0.4, -0.2) is 26.5 Å². The third-order valence-corrected chi connectivity index (χ3v) is 5.38. The Morgan fingerprint density at radius 1 is 0.897 bits per heavy atom. The molecule has 29 heavy (non-hydrogen) atoms. The van der Waals surface area contributed by atoms with E-state index in [9.17, 15) is 14.4 Å². The Labute approximate surface area is 172 Å². The molecule has 0 spiro atoms. The van der Waals surface area contributed by atoms with E-state index in [-0.39, 0.29) is 11.8 Å². The lowest BCUT2D eigenvalue weighted by molar-refractivity contribution is -0.128. The highest BCUT2D eigenvalue weighted by atomic mass is 35.5. The van der Waals surface area contributed by atoms with E-state index >= 15 is 0 Å². The number of hydrogen-bond donors (Lipinski definition) is 0. The van der Waals surface area contributed by atoms with Gasteiger partial charge in [0.1, 0.15) is 0 Å². The van der Waals surface area contributed by atoms with Gasteiger partial charge in [-0.25, -0.2) is 0 Å². The maximum atomic E-state index is 12.6. The number of nitrogens with zero attached hydrogens (tertiary/aromatic N) is 3. The molecule has 1 aliphatic rings. The summed E-state index contributed by atoms with van der Waals surface area (Å²) in [4.78, 5) is 39.2. The Morgan fingerprint density at radius 2 is 1.62 bits per heavy atom. The van der Waals surface area contributed by atoms with E-state index in [1.54, 1.807) is 41.6 Å². The quantitative estimate of drug-likeness (QED) is 0.608. The van der Waals surface area contributed by atoms with E-state index in [2.05, 4.69) is 0 Å². The van der Waals surface area contributed by atoms with Gasteiger partial charge in [-0.05, 0) is 29.8 Å². The van der Waals surface area contributed by atoms with Crippen molar-refractivity contribution >= 4 is 17.5 Å². The number of hydrogen-bond acceptors (Lipinski definition) is 3. The third-order valence-electron chi connectivity index (χ3n) is 5.13. The maximum Gasteiger partial charge on any atom is 0.320 e. The van der Waals surface area contributed by atoms with Gasteiger partial charge in [0.05, 0.1) is 0 Å². The van der Waals surface area contributed by atoms with Crippen molar-refractivity contribution in [1.29, 1.82) is 0 Å². The van der Waals surface area contributed by atoms with E-state index in [4.69, 9.17) is 11.6 Å². The van der Waals surface area contributed by atoms with Gasteiger partial charge in [-0.1, -0.05) is 41.9 Å². The van der Waals surface area contributed by atoms with Crippen LogP contribution in [0.25, 0.3) is 5.69 Å². The van der Waals surface area contributed by atoms with Crippen LogP contribution in [0.3, 0.4) is 0 Å². The Balaban J connectivity index is 1.48. The van der Waals surface area contributed by atoms with E-state index in [0.29, 0.717) is 36.8 Å². The average molecular weight is 410 g/mol. The SMILES string of the molecule is O=C1CC(Cn2ccn(-c3ccccc3)c(=O)c2=O)CN1Cc1ccc(Cl)cc1. The van der Waals surface area contributed by atoms with E-state index in [0.717, 1.165) is 5.56 Å². The van der Waals surface area contributed by atoms with Crippen LogP contribution in [-0.2, 0) is 17.9 Å². The van der Waals surface area contributed by atoms with E-state index in [1.165, 1.54) is 9.13 Å². The average Bonchev–Trinajstić information content (AvgIpc) is 3.07. The van der Waals surface area contributed by atoms with Gasteiger partial charge in [0.2, 0.25) is 5.91 Å². The minimum Gasteiger partial charge on any atom is -0.338 e. The van der Waals surface area contributed by atoms with Crippen LogP contribution in [0.1, 0.15) is 12.0 Å². The van der Waals surface area contributed by atoms with Crippen molar-refractivity contribution < 1.29 is 4.79 Å². The number of amides is 1. The van der Waals surface area contributed by atoms with Gasteiger partial charge < -0.3 is 9.47 Å². The van der Waals surface area contributed by atoms with Gasteiger partial charge in [-0.3, -0.25) is 19.0 Å². The summed E-state index contributed by atoms with van der Waals surface area (Å²) >= 11 is 5.91. The van der Waals surface area contributed by atoms with Crippen molar-refractivity contribution in [1.82, 2.24) is 14.0 Å². The summed E-state index contributed by atoms with van der Waals surface area (Å²) in [7, 11) is 0. The summed E-state index contributed by atoms with van der Waals surface area (Å²) in [5.74, 6) is 0.0371. The predicted molar refractivity (Wildman–Crippen MR) is 111 cm³/mol. The van der Waals surface area contributed by atoms with Crippen molar-refractivity contribution in [2.24, 2.45) is 5.92 Å². The summed E-state index contributed by atoms with van der Waals surface area (Å²) in [6, 6.07) is 16.4. The first-order valence-corrected chi connectivity index (χ1v) is 9.79. The van der Waals surface area contributed by atoms with Gasteiger partial charge in [-0.2, -0.15) is 0 Å². The number of carbonyl (C=O) groups is 1. The Kier molecular flexibility index (Phi) is 5.36. The molecule has 0 radical (unpaired) electrons. The van der Waals surface area contributed by atoms with E-state index < -0.39 is 11.1 Å². The van der Waals surface area contributed by atoms with Crippen molar-refractivity contribution in [3.8, 4) is 5.69 Å². The number of halogens is 1. The third kappa shape index (κ3) is 4.17. The maximum absolute atomic E-state index is 12.6. The second-order valence-electron chi connectivity index (χ2n) is 7.24. The van der Waals surface area contributed by atoms with Gasteiger partial charge in [-0.15, -0.1) is 0 Å². The van der Waals surface area contributed by atoms with Crippen LogP contribution in [0.5, 0.6) is 0 Å². The minimum absolute atomic E-state index is 0.0144. The summed E-state index contributed by atoms with van der Waals surface area (Å²) in [5, 5.41) is 0.656. The topological polar surface area (TPSA) is 64.3 Å². The van der Waals surface area contributed by atoms with Crippen molar-refractivity contribution in [2.75, 3.05) is 6.54 Å². The Hall–Kier alpha value is -3.12. The molecule has 6 nitrogen and oxygen atoms in total. The monoisotopic (exact) mass is 409 g/mol. The van der Waals surface area contributed by atoms with E-state index in [1.807, 2.05) is 30.3 Å². The molecule has 1 aliphatic heterocycles. The zero-order valence-corrected chi connectivity index (χ0v) is 16.5. The minimum atomic E-state index is -0.596. The van der Waals surface area contributed by atoms with Crippen molar-refractivity contribution in [2.45, 2.75) is 19.5 Å². The van der Waals surface area contributed by atoms with Crippen LogP contribution in [0.2, 0.25) is 5.02 Å². The molecule has 1 aromatic heterocycles. The molecule has 148 valence electrons. The molecular weight excluding hydrogens is 390 g/mol. The zero-order chi connectivity index (χ0) is 20.4. The first-order chi connectivity index (χ1) is 14.0. The highest BCUT2D eigenvalue weighted by Crippen LogP contribution is 2.22. The fourth-order valence-electron chi connectivity index (χ4n) is 3.66. The molecule has 1 amide bonds. The lowest BCUT2D eigenvalue weighted by Gasteiger charge is -2.17. The predicted octanol–water partition coefficient (Wildman–Crippen LogP) is 2.70. The highest BCUT2D eigenvalue weighted by Gasteiger charge is 2.30. The molecule has 0 aliphatic carbocycles. The molecule has 0 saturated carbocycles. The molecule has 1 fully saturated rings. The van der Waals surface area contributed by atoms with Crippen LogP contribution < -0.4 is 11.1 Å². The molecule has 0 bridgehead atoms. The van der Waals surface area contributed by atoms with Crippen molar-refractivity contribution in [3.63, 3.8) is 0 Å². The molecule has 2 aromatic carbocycles. The molecule has 1 atom stereocenters. The smallest absolute Gasteiger partial charge is 0.320 e. The van der Waals surface area contributed by atoms with Crippen LogP contribution >= 0.6 is 11.6 Å². The largest absolute Gasteiger partial charge is 0.338 e. The Morgan fingerprint density at radius 3 is 2.34 bits per heavy atom. The van der Waals surface area contributed by atoms with Gasteiger partial charge >= 0.3 is 11.1 Å². The summed E-state index contributed by atoms with van der Waals surface area (Å²) in [6.45, 7) is 1.40. The lowest BCUT2D eigenvalue weighted by atomic mass is 10.1. The second kappa shape index (κ2) is 8.09. The number of aromatic nitrogens is 2. The fraction of sp³-hybridized carbons (Fsp3) is 0.227. The lowest BCUT2D eigenvalue weighted by Crippen LogP contribution is -2.41. The summed E-state index contributed by atoms with van der Waals surface area (Å²) in [6.07, 6.45) is 3.58. The summed E-state index contributed by atoms with van der Waals surface area (Å²) < 4.78 is 2.75. The standard InChI is InChI=1S/C22H20ClN3O3/c23-18-8-6-16(7-9-18)13-25-15-17(12-20(25)27)14-24-10-11-26(22(29)21(24)28)19-4-2-1-3-5-19/h1-11,17H,12-15H2. The van der Waals surface area contributed by atoms with Gasteiger partial charge in [0.25, 0.3) is 0 Å². The first kappa shape index (κ1) is 19.2. The normalized spacial score (nSPS) is 16.4. The zero-order valence-electron chi connectivity index (χ0n) is 15.7. The second-order valence-corrected chi connectivity index (χ2v) is 7.67. The number of rotatable bonds is 5. The number of carbonyl (C=O) groups excluding carboxylic acids is 1. The molecule has 4 rings (SSSR count). The number of benzene rings is 2. The molecule has 2 heterocycles. The van der Waals surface area contributed by atoms with Crippen molar-refractivity contribution in [3.05, 3.63) is 98.3 Å². The number of para-hydroxylation sites is 1. The van der Waals surface area contributed by atoms with Crippen LogP contribution in [0.4, 0.5) is 0 Å². The molecular formula is C22H20ClN3O3. The highest BCUT2D eigenvalue weighted by molar-refractivity contribution is 6.30. The van der Waals surface area contributed by atoms with Gasteiger partial charge in [0, 0.05) is 55.1 Å². The fourth-order valence-corrected chi connectivity index (χ4v) is 3.79. The molecule has 1 saturated heterocycles. The number of likely N-dealkylation sites (tertiary alicyclic amines) is 1. The molecule has 0 N–H and O–H groups in total. The molecule has 1 unspecified atom stereocenters. The van der Waals surface area contributed by atoms with Crippen LogP contribution in [0, 0.1) is 5.92 Å². The molecule has 3 aromatic rings.